The SMILES string of the molecule is Cc1ccc2c(c1)C(=O)[C@]1(O[Si](C(C)C)(C(C)C)C(C)C)CCN(c3ccccc3)C1=N2. The Balaban J connectivity index is 1.93. The first-order valence-electron chi connectivity index (χ1n) is 11.9. The molecule has 0 aromatic heterocycles. The van der Waals surface area contributed by atoms with Crippen molar-refractivity contribution < 1.29 is 9.22 Å². The molecule has 0 aliphatic carbocycles. The summed E-state index contributed by atoms with van der Waals surface area (Å²) in [6.07, 6.45) is 0.633. The van der Waals surface area contributed by atoms with Crippen LogP contribution in [-0.4, -0.2) is 32.1 Å². The van der Waals surface area contributed by atoms with E-state index in [-0.39, 0.29) is 5.78 Å². The average Bonchev–Trinajstić information content (AvgIpc) is 3.12. The Hall–Kier alpha value is -2.24. The Kier molecular flexibility index (Phi) is 5.93. The van der Waals surface area contributed by atoms with Gasteiger partial charge in [0.2, 0.25) is 14.1 Å². The Morgan fingerprint density at radius 2 is 1.59 bits per heavy atom. The fourth-order valence-corrected chi connectivity index (χ4v) is 11.6. The van der Waals surface area contributed by atoms with E-state index >= 15 is 0 Å². The van der Waals surface area contributed by atoms with Crippen LogP contribution in [0.4, 0.5) is 11.4 Å². The van der Waals surface area contributed by atoms with Crippen LogP contribution in [0.2, 0.25) is 16.6 Å². The molecular weight excluding hydrogens is 412 g/mol. The number of amidine groups is 1. The average molecular weight is 449 g/mol. The van der Waals surface area contributed by atoms with Crippen LogP contribution in [0, 0.1) is 6.92 Å². The quantitative estimate of drug-likeness (QED) is 0.444. The van der Waals surface area contributed by atoms with E-state index in [1.54, 1.807) is 0 Å². The van der Waals surface area contributed by atoms with Crippen molar-refractivity contribution in [3.05, 3.63) is 59.7 Å². The maximum atomic E-state index is 14.3. The number of aliphatic imine (C=N–C) groups is 1. The number of benzene rings is 2. The van der Waals surface area contributed by atoms with Gasteiger partial charge in [-0.05, 0) is 47.8 Å². The minimum absolute atomic E-state index is 0.0819. The first kappa shape index (κ1) is 22.9. The number of carbonyl (C=O) groups is 1. The summed E-state index contributed by atoms with van der Waals surface area (Å²) in [6.45, 7) is 16.4. The molecule has 32 heavy (non-hydrogen) atoms. The highest BCUT2D eigenvalue weighted by atomic mass is 28.4. The van der Waals surface area contributed by atoms with Crippen LogP contribution in [0.3, 0.4) is 0 Å². The van der Waals surface area contributed by atoms with E-state index in [4.69, 9.17) is 9.42 Å². The number of nitrogens with zero attached hydrogens (tertiary/aromatic N) is 2. The highest BCUT2D eigenvalue weighted by Crippen LogP contribution is 2.50. The van der Waals surface area contributed by atoms with Gasteiger partial charge in [0, 0.05) is 24.2 Å². The van der Waals surface area contributed by atoms with Gasteiger partial charge in [-0.15, -0.1) is 0 Å². The fourth-order valence-electron chi connectivity index (χ4n) is 5.99. The van der Waals surface area contributed by atoms with E-state index in [9.17, 15) is 4.79 Å². The van der Waals surface area contributed by atoms with Crippen molar-refractivity contribution in [3.8, 4) is 0 Å². The number of hydrogen-bond donors (Lipinski definition) is 0. The Labute approximate surface area is 193 Å². The zero-order chi connectivity index (χ0) is 23.3. The third-order valence-electron chi connectivity index (χ3n) is 7.42. The van der Waals surface area contributed by atoms with Crippen LogP contribution in [0.5, 0.6) is 0 Å². The van der Waals surface area contributed by atoms with Gasteiger partial charge in [0.25, 0.3) is 0 Å². The lowest BCUT2D eigenvalue weighted by atomic mass is 9.87. The maximum Gasteiger partial charge on any atom is 0.203 e. The van der Waals surface area contributed by atoms with Gasteiger partial charge in [-0.2, -0.15) is 0 Å². The zero-order valence-corrected chi connectivity index (χ0v) is 21.5. The highest BCUT2D eigenvalue weighted by Gasteiger charge is 2.60. The van der Waals surface area contributed by atoms with Gasteiger partial charge in [0.05, 0.1) is 5.69 Å². The molecular formula is C27H36N2O2Si. The second-order valence-corrected chi connectivity index (χ2v) is 15.6. The molecule has 0 spiro atoms. The third-order valence-corrected chi connectivity index (χ3v) is 13.5. The predicted molar refractivity (Wildman–Crippen MR) is 136 cm³/mol. The smallest absolute Gasteiger partial charge is 0.203 e. The van der Waals surface area contributed by atoms with Gasteiger partial charge >= 0.3 is 0 Å². The molecule has 5 heteroatoms. The monoisotopic (exact) mass is 448 g/mol. The van der Waals surface area contributed by atoms with E-state index in [2.05, 4.69) is 58.6 Å². The summed E-state index contributed by atoms with van der Waals surface area (Å²) in [6, 6.07) is 16.3. The summed E-state index contributed by atoms with van der Waals surface area (Å²) < 4.78 is 7.35. The number of anilines is 1. The summed E-state index contributed by atoms with van der Waals surface area (Å²) >= 11 is 0. The van der Waals surface area contributed by atoms with Crippen molar-refractivity contribution in [3.63, 3.8) is 0 Å². The van der Waals surface area contributed by atoms with Gasteiger partial charge < -0.3 is 9.33 Å². The number of aryl methyl sites for hydroxylation is 1. The van der Waals surface area contributed by atoms with Crippen LogP contribution in [0.1, 0.15) is 63.9 Å². The lowest BCUT2D eigenvalue weighted by Crippen LogP contribution is -2.61. The van der Waals surface area contributed by atoms with Crippen LogP contribution in [-0.2, 0) is 4.43 Å². The van der Waals surface area contributed by atoms with E-state index in [1.165, 1.54) is 0 Å². The van der Waals surface area contributed by atoms with Crippen molar-refractivity contribution in [1.29, 1.82) is 0 Å². The minimum Gasteiger partial charge on any atom is -0.397 e. The first-order valence-corrected chi connectivity index (χ1v) is 14.0. The van der Waals surface area contributed by atoms with Crippen molar-refractivity contribution in [2.45, 2.75) is 77.1 Å². The molecule has 2 aromatic carbocycles. The van der Waals surface area contributed by atoms with Gasteiger partial charge in [0.15, 0.2) is 5.60 Å². The van der Waals surface area contributed by atoms with Gasteiger partial charge in [-0.1, -0.05) is 71.4 Å². The molecule has 0 radical (unpaired) electrons. The number of fused-ring (bicyclic) bond motifs is 2. The number of ketones is 1. The molecule has 0 amide bonds. The molecule has 0 unspecified atom stereocenters. The summed E-state index contributed by atoms with van der Waals surface area (Å²) in [5.74, 6) is 0.849. The molecule has 2 aromatic rings. The van der Waals surface area contributed by atoms with Gasteiger partial charge in [-0.3, -0.25) is 4.79 Å². The maximum absolute atomic E-state index is 14.3. The Morgan fingerprint density at radius 3 is 2.19 bits per heavy atom. The molecule has 2 heterocycles. The van der Waals surface area contributed by atoms with E-state index < -0.39 is 13.9 Å². The molecule has 4 rings (SSSR count). The summed E-state index contributed by atoms with van der Waals surface area (Å²) in [4.78, 5) is 21.6. The largest absolute Gasteiger partial charge is 0.397 e. The predicted octanol–water partition coefficient (Wildman–Crippen LogP) is 7.06. The highest BCUT2D eigenvalue weighted by molar-refractivity contribution is 6.78. The van der Waals surface area contributed by atoms with Crippen LogP contribution < -0.4 is 4.90 Å². The van der Waals surface area contributed by atoms with Crippen molar-refractivity contribution >= 4 is 31.3 Å². The zero-order valence-electron chi connectivity index (χ0n) is 20.5. The minimum atomic E-state index is -2.35. The lowest BCUT2D eigenvalue weighted by molar-refractivity contribution is 0.0622. The van der Waals surface area contributed by atoms with Crippen molar-refractivity contribution in [2.75, 3.05) is 11.4 Å². The molecule has 0 N–H and O–H groups in total. The standard InChI is InChI=1S/C27H36N2O2Si/c1-18(2)32(19(3)4,20(5)6)31-27-15-16-29(22-11-9-8-10-12-22)26(27)28-24-14-13-21(7)17-23(24)25(27)30/h8-14,17-20H,15-16H2,1-7H3/t27-/m1/s1. The molecule has 1 fully saturated rings. The molecule has 170 valence electrons. The van der Waals surface area contributed by atoms with Gasteiger partial charge in [-0.25, -0.2) is 4.99 Å². The van der Waals surface area contributed by atoms with Gasteiger partial charge in [0.1, 0.15) is 5.84 Å². The number of para-hydroxylation sites is 1. The van der Waals surface area contributed by atoms with Crippen LogP contribution >= 0.6 is 0 Å². The molecule has 4 nitrogen and oxygen atoms in total. The molecule has 1 atom stereocenters. The van der Waals surface area contributed by atoms with Crippen LogP contribution in [0.15, 0.2) is 53.5 Å². The topological polar surface area (TPSA) is 41.9 Å². The molecule has 2 aliphatic rings. The van der Waals surface area contributed by atoms with Crippen molar-refractivity contribution in [2.24, 2.45) is 4.99 Å². The molecule has 0 bridgehead atoms. The number of hydrogen-bond acceptors (Lipinski definition) is 4. The normalized spacial score (nSPS) is 20.8. The Morgan fingerprint density at radius 1 is 0.969 bits per heavy atom. The summed E-state index contributed by atoms with van der Waals surface area (Å²) in [5, 5.41) is 0. The van der Waals surface area contributed by atoms with Crippen molar-refractivity contribution in [1.82, 2.24) is 0 Å². The number of rotatable bonds is 6. The Bertz CT molecular complexity index is 1020. The third kappa shape index (κ3) is 3.37. The summed E-state index contributed by atoms with van der Waals surface area (Å²) in [7, 11) is -2.35. The number of carbonyl (C=O) groups excluding carboxylic acids is 1. The lowest BCUT2D eigenvalue weighted by Gasteiger charge is -2.48. The summed E-state index contributed by atoms with van der Waals surface area (Å²) in [5.41, 5.74) is 3.73. The number of Topliss-reactive ketones (excluding diaryl/α,β-unsaturated/α-hetero) is 1. The molecule has 2 aliphatic heterocycles. The fraction of sp³-hybridized carbons (Fsp3) is 0.481. The van der Waals surface area contributed by atoms with E-state index in [0.29, 0.717) is 28.6 Å². The molecule has 0 saturated carbocycles. The second kappa shape index (κ2) is 8.27. The molecule has 1 saturated heterocycles. The van der Waals surface area contributed by atoms with Crippen LogP contribution in [0.25, 0.3) is 0 Å². The van der Waals surface area contributed by atoms with E-state index in [0.717, 1.165) is 29.3 Å². The second-order valence-electron chi connectivity index (χ2n) is 10.3. The first-order chi connectivity index (χ1) is 15.1. The van der Waals surface area contributed by atoms with E-state index in [1.807, 2.05) is 43.3 Å².